The Balaban J connectivity index is 1.77. The summed E-state index contributed by atoms with van der Waals surface area (Å²) in [7, 11) is 1.90. The summed E-state index contributed by atoms with van der Waals surface area (Å²) in [6, 6.07) is 5.82. The lowest BCUT2D eigenvalue weighted by atomic mass is 10.0. The lowest BCUT2D eigenvalue weighted by Crippen LogP contribution is -2.17. The molecule has 1 aliphatic rings. The van der Waals surface area contributed by atoms with Crippen LogP contribution in [0.3, 0.4) is 0 Å². The molecule has 1 aromatic carbocycles. The molecule has 0 fully saturated rings. The van der Waals surface area contributed by atoms with E-state index in [0.29, 0.717) is 13.2 Å². The van der Waals surface area contributed by atoms with E-state index in [2.05, 4.69) is 5.10 Å². The third-order valence-electron chi connectivity index (χ3n) is 3.21. The van der Waals surface area contributed by atoms with Gasteiger partial charge in [-0.25, -0.2) is 0 Å². The van der Waals surface area contributed by atoms with Crippen molar-refractivity contribution in [3.8, 4) is 11.5 Å². The Morgan fingerprint density at radius 2 is 2.11 bits per heavy atom. The van der Waals surface area contributed by atoms with Crippen molar-refractivity contribution >= 4 is 0 Å². The molecule has 0 amide bonds. The van der Waals surface area contributed by atoms with E-state index < -0.39 is 0 Å². The molecule has 0 spiro atoms. The Hall–Kier alpha value is -2.01. The van der Waals surface area contributed by atoms with Crippen LogP contribution in [-0.2, 0) is 13.5 Å². The standard InChI is InChI=1S/C14H17N3O2/c1-17-9-10(8-16-17)6-12(15)11-2-3-13-14(7-11)19-5-4-18-13/h2-3,7-9,12H,4-6,15H2,1H3. The number of fused-ring (bicyclic) bond motifs is 1. The zero-order valence-electron chi connectivity index (χ0n) is 10.9. The molecule has 1 unspecified atom stereocenters. The molecule has 5 heteroatoms. The Morgan fingerprint density at radius 1 is 1.32 bits per heavy atom. The number of aromatic nitrogens is 2. The fourth-order valence-corrected chi connectivity index (χ4v) is 2.24. The van der Waals surface area contributed by atoms with E-state index in [4.69, 9.17) is 15.2 Å². The largest absolute Gasteiger partial charge is 0.486 e. The van der Waals surface area contributed by atoms with Crippen LogP contribution in [0.15, 0.2) is 30.6 Å². The van der Waals surface area contributed by atoms with Gasteiger partial charge in [-0.05, 0) is 29.7 Å². The van der Waals surface area contributed by atoms with Crippen molar-refractivity contribution in [3.05, 3.63) is 41.7 Å². The molecule has 2 N–H and O–H groups in total. The van der Waals surface area contributed by atoms with Crippen molar-refractivity contribution < 1.29 is 9.47 Å². The number of hydrogen-bond donors (Lipinski definition) is 1. The highest BCUT2D eigenvalue weighted by Gasteiger charge is 2.15. The summed E-state index contributed by atoms with van der Waals surface area (Å²) >= 11 is 0. The van der Waals surface area contributed by atoms with Gasteiger partial charge in [0.25, 0.3) is 0 Å². The molecule has 100 valence electrons. The predicted molar refractivity (Wildman–Crippen MR) is 71.3 cm³/mol. The fraction of sp³-hybridized carbons (Fsp3) is 0.357. The Morgan fingerprint density at radius 3 is 2.84 bits per heavy atom. The van der Waals surface area contributed by atoms with Gasteiger partial charge in [0.1, 0.15) is 13.2 Å². The number of nitrogens with two attached hydrogens (primary N) is 1. The fourth-order valence-electron chi connectivity index (χ4n) is 2.24. The van der Waals surface area contributed by atoms with Crippen molar-refractivity contribution in [2.45, 2.75) is 12.5 Å². The molecule has 0 saturated heterocycles. The zero-order chi connectivity index (χ0) is 13.2. The van der Waals surface area contributed by atoms with Crippen molar-refractivity contribution in [3.63, 3.8) is 0 Å². The maximum Gasteiger partial charge on any atom is 0.161 e. The molecule has 19 heavy (non-hydrogen) atoms. The van der Waals surface area contributed by atoms with E-state index in [9.17, 15) is 0 Å². The van der Waals surface area contributed by atoms with Crippen molar-refractivity contribution in [2.24, 2.45) is 12.8 Å². The zero-order valence-corrected chi connectivity index (χ0v) is 10.9. The first-order valence-corrected chi connectivity index (χ1v) is 6.35. The van der Waals surface area contributed by atoms with E-state index in [-0.39, 0.29) is 6.04 Å². The predicted octanol–water partition coefficient (Wildman–Crippen LogP) is 1.43. The van der Waals surface area contributed by atoms with Gasteiger partial charge in [-0.15, -0.1) is 0 Å². The molecule has 3 rings (SSSR count). The maximum absolute atomic E-state index is 6.24. The smallest absolute Gasteiger partial charge is 0.161 e. The SMILES string of the molecule is Cn1cc(CC(N)c2ccc3c(c2)OCCO3)cn1. The number of rotatable bonds is 3. The minimum Gasteiger partial charge on any atom is -0.486 e. The molecule has 1 atom stereocenters. The summed E-state index contributed by atoms with van der Waals surface area (Å²) in [6.07, 6.45) is 4.59. The summed E-state index contributed by atoms with van der Waals surface area (Å²) in [5, 5.41) is 4.15. The Kier molecular flexibility index (Phi) is 3.13. The topological polar surface area (TPSA) is 62.3 Å². The summed E-state index contributed by atoms with van der Waals surface area (Å²) in [6.45, 7) is 1.20. The average molecular weight is 259 g/mol. The van der Waals surface area contributed by atoms with E-state index in [0.717, 1.165) is 29.0 Å². The second kappa shape index (κ2) is 4.93. The quantitative estimate of drug-likeness (QED) is 0.906. The molecular weight excluding hydrogens is 242 g/mol. The molecule has 5 nitrogen and oxygen atoms in total. The minimum absolute atomic E-state index is 0.0694. The number of hydrogen-bond acceptors (Lipinski definition) is 4. The summed E-state index contributed by atoms with van der Waals surface area (Å²) < 4.78 is 12.9. The van der Waals surface area contributed by atoms with Crippen LogP contribution >= 0.6 is 0 Å². The minimum atomic E-state index is -0.0694. The number of benzene rings is 1. The highest BCUT2D eigenvalue weighted by atomic mass is 16.6. The molecule has 0 aliphatic carbocycles. The summed E-state index contributed by atoms with van der Waals surface area (Å²) in [5.41, 5.74) is 8.41. The van der Waals surface area contributed by atoms with Gasteiger partial charge in [-0.1, -0.05) is 6.07 Å². The van der Waals surface area contributed by atoms with Gasteiger partial charge >= 0.3 is 0 Å². The van der Waals surface area contributed by atoms with Crippen molar-refractivity contribution in [2.75, 3.05) is 13.2 Å². The third kappa shape index (κ3) is 2.56. The van der Waals surface area contributed by atoms with Gasteiger partial charge in [0.15, 0.2) is 11.5 Å². The molecule has 2 heterocycles. The van der Waals surface area contributed by atoms with Crippen molar-refractivity contribution in [1.29, 1.82) is 0 Å². The van der Waals surface area contributed by atoms with Crippen LogP contribution in [0.25, 0.3) is 0 Å². The lowest BCUT2D eigenvalue weighted by molar-refractivity contribution is 0.171. The molecule has 1 aromatic heterocycles. The first-order chi connectivity index (χ1) is 9.22. The first-order valence-electron chi connectivity index (χ1n) is 6.35. The van der Waals surface area contributed by atoms with E-state index in [1.807, 2.05) is 37.6 Å². The van der Waals surface area contributed by atoms with Gasteiger partial charge in [-0.2, -0.15) is 5.10 Å². The van der Waals surface area contributed by atoms with Gasteiger partial charge < -0.3 is 15.2 Å². The first kappa shape index (κ1) is 12.0. The van der Waals surface area contributed by atoms with E-state index >= 15 is 0 Å². The van der Waals surface area contributed by atoms with Crippen LogP contribution in [0.1, 0.15) is 17.2 Å². The number of aryl methyl sites for hydroxylation is 1. The van der Waals surface area contributed by atoms with Crippen LogP contribution in [0, 0.1) is 0 Å². The third-order valence-corrected chi connectivity index (χ3v) is 3.21. The summed E-state index contributed by atoms with van der Waals surface area (Å²) in [5.74, 6) is 1.58. The van der Waals surface area contributed by atoms with Gasteiger partial charge in [-0.3, -0.25) is 4.68 Å². The summed E-state index contributed by atoms with van der Waals surface area (Å²) in [4.78, 5) is 0. The Labute approximate surface area is 111 Å². The maximum atomic E-state index is 6.24. The van der Waals surface area contributed by atoms with E-state index in [1.54, 1.807) is 4.68 Å². The second-order valence-electron chi connectivity index (χ2n) is 4.74. The molecule has 0 bridgehead atoms. The van der Waals surface area contributed by atoms with E-state index in [1.165, 1.54) is 0 Å². The monoisotopic (exact) mass is 259 g/mol. The normalized spacial score (nSPS) is 15.3. The van der Waals surface area contributed by atoms with Gasteiger partial charge in [0.2, 0.25) is 0 Å². The van der Waals surface area contributed by atoms with Crippen LogP contribution in [0.5, 0.6) is 11.5 Å². The average Bonchev–Trinajstić information content (AvgIpc) is 2.83. The molecule has 1 aliphatic heterocycles. The van der Waals surface area contributed by atoms with Crippen LogP contribution in [0.4, 0.5) is 0 Å². The number of ether oxygens (including phenoxy) is 2. The van der Waals surface area contributed by atoms with Crippen molar-refractivity contribution in [1.82, 2.24) is 9.78 Å². The molecular formula is C14H17N3O2. The molecule has 0 saturated carbocycles. The van der Waals surface area contributed by atoms with Crippen LogP contribution < -0.4 is 15.2 Å². The lowest BCUT2D eigenvalue weighted by Gasteiger charge is -2.20. The van der Waals surface area contributed by atoms with Crippen LogP contribution in [0.2, 0.25) is 0 Å². The van der Waals surface area contributed by atoms with Crippen LogP contribution in [-0.4, -0.2) is 23.0 Å². The second-order valence-corrected chi connectivity index (χ2v) is 4.74. The highest BCUT2D eigenvalue weighted by molar-refractivity contribution is 5.44. The number of nitrogens with zero attached hydrogens (tertiary/aromatic N) is 2. The Bertz CT molecular complexity index is 580. The molecule has 0 radical (unpaired) electrons. The van der Waals surface area contributed by atoms with Gasteiger partial charge in [0, 0.05) is 19.3 Å². The molecule has 2 aromatic rings. The highest BCUT2D eigenvalue weighted by Crippen LogP contribution is 2.32. The van der Waals surface area contributed by atoms with Gasteiger partial charge in [0.05, 0.1) is 6.20 Å².